The van der Waals surface area contributed by atoms with Gasteiger partial charge in [-0.25, -0.2) is 14.8 Å². The van der Waals surface area contributed by atoms with Crippen molar-refractivity contribution in [2.75, 3.05) is 26.2 Å². The van der Waals surface area contributed by atoms with Gasteiger partial charge in [0.05, 0.1) is 11.0 Å². The van der Waals surface area contributed by atoms with Crippen molar-refractivity contribution in [3.05, 3.63) is 58.0 Å². The predicted molar refractivity (Wildman–Crippen MR) is 122 cm³/mol. The number of halogens is 1. The van der Waals surface area contributed by atoms with Crippen LogP contribution in [0.3, 0.4) is 0 Å². The molecule has 0 bridgehead atoms. The number of nitrogens with zero attached hydrogens (tertiary/aromatic N) is 5. The Hall–Kier alpha value is -2.22. The fraction of sp³-hybridized carbons (Fsp3) is 0.522. The van der Waals surface area contributed by atoms with Crippen molar-refractivity contribution in [1.29, 1.82) is 0 Å². The Labute approximate surface area is 187 Å². The third-order valence-corrected chi connectivity index (χ3v) is 7.40. The van der Waals surface area contributed by atoms with E-state index in [2.05, 4.69) is 31.7 Å². The van der Waals surface area contributed by atoms with Crippen LogP contribution in [-0.4, -0.2) is 61.5 Å². The fourth-order valence-electron chi connectivity index (χ4n) is 5.35. The van der Waals surface area contributed by atoms with Crippen LogP contribution in [0.1, 0.15) is 50.3 Å². The predicted octanol–water partition coefficient (Wildman–Crippen LogP) is 3.64. The second-order valence-corrected chi connectivity index (χ2v) is 9.28. The van der Waals surface area contributed by atoms with Crippen LogP contribution in [0.4, 0.5) is 0 Å². The molecule has 1 unspecified atom stereocenters. The molecule has 164 valence electrons. The lowest BCUT2D eigenvalue weighted by Crippen LogP contribution is -2.48. The molecule has 1 aromatic carbocycles. The highest BCUT2D eigenvalue weighted by Gasteiger charge is 2.31. The van der Waals surface area contributed by atoms with Gasteiger partial charge in [-0.2, -0.15) is 0 Å². The Morgan fingerprint density at radius 1 is 1.03 bits per heavy atom. The minimum Gasteiger partial charge on any atom is -0.305 e. The van der Waals surface area contributed by atoms with E-state index >= 15 is 0 Å². The summed E-state index contributed by atoms with van der Waals surface area (Å²) in [5.74, 6) is 0. The molecular formula is C23H29ClN6O. The quantitative estimate of drug-likeness (QED) is 0.670. The standard InChI is InChI=1S/C23H29ClN6O/c1-16(17-13-25-15-26-14-17)28-8-4-19(5-9-28)29-10-6-20(7-11-29)30-22-3-2-18(24)12-21(22)27-23(30)31/h2-3,12-16,19-20H,4-11H2,1H3,(H,27,31). The molecule has 31 heavy (non-hydrogen) atoms. The molecule has 0 amide bonds. The first kappa shape index (κ1) is 20.7. The number of hydrogen-bond acceptors (Lipinski definition) is 5. The minimum atomic E-state index is -0.0251. The Balaban J connectivity index is 1.19. The zero-order valence-electron chi connectivity index (χ0n) is 17.9. The van der Waals surface area contributed by atoms with E-state index in [9.17, 15) is 4.79 Å². The zero-order valence-corrected chi connectivity index (χ0v) is 18.6. The van der Waals surface area contributed by atoms with Gasteiger partial charge < -0.3 is 9.88 Å². The van der Waals surface area contributed by atoms with E-state index in [4.69, 9.17) is 11.6 Å². The zero-order chi connectivity index (χ0) is 21.4. The van der Waals surface area contributed by atoms with Crippen LogP contribution in [0.25, 0.3) is 11.0 Å². The number of likely N-dealkylation sites (tertiary alicyclic amines) is 2. The number of piperidine rings is 2. The first-order chi connectivity index (χ1) is 15.1. The average molecular weight is 441 g/mol. The molecule has 1 N–H and O–H groups in total. The summed E-state index contributed by atoms with van der Waals surface area (Å²) in [6.07, 6.45) is 9.83. The second-order valence-electron chi connectivity index (χ2n) is 8.84. The van der Waals surface area contributed by atoms with Crippen molar-refractivity contribution >= 4 is 22.6 Å². The molecule has 3 aromatic rings. The van der Waals surface area contributed by atoms with E-state index in [0.29, 0.717) is 17.1 Å². The van der Waals surface area contributed by atoms with Crippen molar-refractivity contribution in [3.63, 3.8) is 0 Å². The topological polar surface area (TPSA) is 70.1 Å². The largest absolute Gasteiger partial charge is 0.326 e. The molecule has 0 radical (unpaired) electrons. The second kappa shape index (κ2) is 8.73. The van der Waals surface area contributed by atoms with Crippen molar-refractivity contribution in [3.8, 4) is 0 Å². The molecule has 2 aliphatic heterocycles. The van der Waals surface area contributed by atoms with Gasteiger partial charge in [0.25, 0.3) is 0 Å². The Kier molecular flexibility index (Phi) is 5.82. The molecule has 0 aliphatic carbocycles. The molecule has 5 rings (SSSR count). The van der Waals surface area contributed by atoms with Gasteiger partial charge in [0.2, 0.25) is 0 Å². The van der Waals surface area contributed by atoms with Crippen molar-refractivity contribution < 1.29 is 0 Å². The minimum absolute atomic E-state index is 0.0251. The number of fused-ring (bicyclic) bond motifs is 1. The SMILES string of the molecule is CC(c1cncnc1)N1CCC(N2CCC(n3c(=O)[nH]c4cc(Cl)ccc43)CC2)CC1. The molecule has 1 atom stereocenters. The number of nitrogens with one attached hydrogen (secondary N) is 1. The van der Waals surface area contributed by atoms with Gasteiger partial charge in [-0.05, 0) is 50.8 Å². The summed E-state index contributed by atoms with van der Waals surface area (Å²) in [6, 6.07) is 6.89. The number of imidazole rings is 1. The highest BCUT2D eigenvalue weighted by atomic mass is 35.5. The molecule has 4 heterocycles. The van der Waals surface area contributed by atoms with Gasteiger partial charge in [0.1, 0.15) is 6.33 Å². The number of aromatic amines is 1. The van der Waals surface area contributed by atoms with Gasteiger partial charge in [0, 0.05) is 67.3 Å². The van der Waals surface area contributed by atoms with Gasteiger partial charge in [-0.3, -0.25) is 9.47 Å². The summed E-state index contributed by atoms with van der Waals surface area (Å²) in [5.41, 5.74) is 2.94. The number of benzene rings is 1. The van der Waals surface area contributed by atoms with Crippen LogP contribution >= 0.6 is 11.6 Å². The Morgan fingerprint density at radius 2 is 1.71 bits per heavy atom. The molecule has 2 aromatic heterocycles. The summed E-state index contributed by atoms with van der Waals surface area (Å²) in [5, 5.41) is 0.649. The lowest BCUT2D eigenvalue weighted by atomic mass is 9.96. The highest BCUT2D eigenvalue weighted by molar-refractivity contribution is 6.31. The molecule has 0 spiro atoms. The Bertz CT molecular complexity index is 1080. The molecule has 2 aliphatic rings. The molecule has 2 fully saturated rings. The lowest BCUT2D eigenvalue weighted by molar-refractivity contribution is 0.0655. The lowest BCUT2D eigenvalue weighted by Gasteiger charge is -2.43. The van der Waals surface area contributed by atoms with E-state index < -0.39 is 0 Å². The molecular weight excluding hydrogens is 412 g/mol. The summed E-state index contributed by atoms with van der Waals surface area (Å²) in [7, 11) is 0. The first-order valence-electron chi connectivity index (χ1n) is 11.2. The summed E-state index contributed by atoms with van der Waals surface area (Å²) >= 11 is 6.09. The van der Waals surface area contributed by atoms with Crippen molar-refractivity contribution in [2.24, 2.45) is 0 Å². The number of rotatable bonds is 4. The van der Waals surface area contributed by atoms with Gasteiger partial charge in [-0.1, -0.05) is 11.6 Å². The Morgan fingerprint density at radius 3 is 2.42 bits per heavy atom. The fourth-order valence-corrected chi connectivity index (χ4v) is 5.52. The van der Waals surface area contributed by atoms with Gasteiger partial charge in [0.15, 0.2) is 0 Å². The van der Waals surface area contributed by atoms with Gasteiger partial charge in [-0.15, -0.1) is 0 Å². The van der Waals surface area contributed by atoms with Crippen molar-refractivity contribution in [2.45, 2.75) is 50.7 Å². The van der Waals surface area contributed by atoms with Crippen LogP contribution in [0.2, 0.25) is 5.02 Å². The maximum Gasteiger partial charge on any atom is 0.326 e. The summed E-state index contributed by atoms with van der Waals surface area (Å²) < 4.78 is 1.94. The normalized spacial score (nSPS) is 21.0. The smallest absolute Gasteiger partial charge is 0.305 e. The number of H-pyrrole nitrogens is 1. The third-order valence-electron chi connectivity index (χ3n) is 7.17. The van der Waals surface area contributed by atoms with Crippen LogP contribution < -0.4 is 5.69 Å². The van der Waals surface area contributed by atoms with E-state index in [1.807, 2.05) is 35.2 Å². The van der Waals surface area contributed by atoms with E-state index in [0.717, 1.165) is 50.1 Å². The number of hydrogen-bond donors (Lipinski definition) is 1. The van der Waals surface area contributed by atoms with E-state index in [1.54, 1.807) is 6.33 Å². The van der Waals surface area contributed by atoms with Crippen LogP contribution in [-0.2, 0) is 0 Å². The molecule has 7 nitrogen and oxygen atoms in total. The van der Waals surface area contributed by atoms with Crippen LogP contribution in [0.5, 0.6) is 0 Å². The maximum atomic E-state index is 12.6. The van der Waals surface area contributed by atoms with Crippen LogP contribution in [0, 0.1) is 0 Å². The molecule has 0 saturated carbocycles. The first-order valence-corrected chi connectivity index (χ1v) is 11.6. The maximum absolute atomic E-state index is 12.6. The van der Waals surface area contributed by atoms with E-state index in [1.165, 1.54) is 18.4 Å². The summed E-state index contributed by atoms with van der Waals surface area (Å²) in [4.78, 5) is 29.1. The van der Waals surface area contributed by atoms with Crippen molar-refractivity contribution in [1.82, 2.24) is 29.3 Å². The molecule has 8 heteroatoms. The van der Waals surface area contributed by atoms with E-state index in [-0.39, 0.29) is 11.7 Å². The monoisotopic (exact) mass is 440 g/mol. The summed E-state index contributed by atoms with van der Waals surface area (Å²) in [6.45, 7) is 6.54. The molecule has 2 saturated heterocycles. The van der Waals surface area contributed by atoms with Crippen LogP contribution in [0.15, 0.2) is 41.7 Å². The average Bonchev–Trinajstić information content (AvgIpc) is 3.14. The highest BCUT2D eigenvalue weighted by Crippen LogP contribution is 2.30. The van der Waals surface area contributed by atoms with Gasteiger partial charge >= 0.3 is 5.69 Å². The third kappa shape index (κ3) is 4.14. The number of aromatic nitrogens is 4.